The molecule has 0 unspecified atom stereocenters. The highest BCUT2D eigenvalue weighted by atomic mass is 16.6. The van der Waals surface area contributed by atoms with Crippen LogP contribution in [0.4, 0.5) is 4.79 Å². The molecule has 212 valence electrons. The first-order valence-electron chi connectivity index (χ1n) is 14.0. The van der Waals surface area contributed by atoms with E-state index < -0.39 is 17.8 Å². The van der Waals surface area contributed by atoms with E-state index in [1.54, 1.807) is 14.0 Å². The van der Waals surface area contributed by atoms with Gasteiger partial charge in [0.2, 0.25) is 0 Å². The summed E-state index contributed by atoms with van der Waals surface area (Å²) in [7, 11) is 1.65. The van der Waals surface area contributed by atoms with E-state index in [4.69, 9.17) is 18.9 Å². The van der Waals surface area contributed by atoms with Gasteiger partial charge in [0, 0.05) is 32.8 Å². The van der Waals surface area contributed by atoms with Crippen LogP contribution in [0.25, 0.3) is 0 Å². The summed E-state index contributed by atoms with van der Waals surface area (Å²) in [6.07, 6.45) is 7.38. The quantitative estimate of drug-likeness (QED) is 0.170. The molecule has 0 saturated heterocycles. The Hall–Kier alpha value is -2.42. The van der Waals surface area contributed by atoms with Crippen molar-refractivity contribution in [2.24, 2.45) is 33.7 Å². The Morgan fingerprint density at radius 2 is 1.76 bits per heavy atom. The van der Waals surface area contributed by atoms with Crippen molar-refractivity contribution in [3.8, 4) is 0 Å². The second kappa shape index (κ2) is 10.6. The Labute approximate surface area is 226 Å². The summed E-state index contributed by atoms with van der Waals surface area (Å²) in [5.74, 6) is 0.546. The number of rotatable bonds is 6. The molecule has 9 heteroatoms. The van der Waals surface area contributed by atoms with Gasteiger partial charge in [-0.3, -0.25) is 9.59 Å². The van der Waals surface area contributed by atoms with Crippen LogP contribution in [-0.2, 0) is 28.5 Å². The lowest BCUT2D eigenvalue weighted by Crippen LogP contribution is -2.61. The molecule has 8 atom stereocenters. The van der Waals surface area contributed by atoms with E-state index in [0.29, 0.717) is 24.0 Å². The van der Waals surface area contributed by atoms with Crippen molar-refractivity contribution < 1.29 is 33.3 Å². The van der Waals surface area contributed by atoms with E-state index in [0.717, 1.165) is 38.5 Å². The molecule has 9 nitrogen and oxygen atoms in total. The van der Waals surface area contributed by atoms with E-state index in [2.05, 4.69) is 30.5 Å². The third-order valence-corrected chi connectivity index (χ3v) is 10.3. The lowest BCUT2D eigenvalue weighted by atomic mass is 9.46. The van der Waals surface area contributed by atoms with Gasteiger partial charge in [-0.05, 0) is 75.5 Å². The van der Waals surface area contributed by atoms with Crippen LogP contribution in [0.15, 0.2) is 16.8 Å². The normalized spacial score (nSPS) is 40.1. The molecular weight excluding hydrogens is 488 g/mol. The lowest BCUT2D eigenvalue weighted by Gasteiger charge is -2.59. The summed E-state index contributed by atoms with van der Waals surface area (Å²) in [6.45, 7) is 11.3. The number of allylic oxidation sites excluding steroid dienone is 1. The lowest BCUT2D eigenvalue weighted by molar-refractivity contribution is -0.167. The maximum Gasteiger partial charge on any atom is 0.427 e. The van der Waals surface area contributed by atoms with Gasteiger partial charge in [-0.25, -0.2) is 10.2 Å². The molecule has 38 heavy (non-hydrogen) atoms. The fourth-order valence-electron chi connectivity index (χ4n) is 8.81. The van der Waals surface area contributed by atoms with Crippen LogP contribution >= 0.6 is 0 Å². The van der Waals surface area contributed by atoms with Gasteiger partial charge in [-0.2, -0.15) is 5.10 Å². The molecule has 0 aromatic heterocycles. The highest BCUT2D eigenvalue weighted by Gasteiger charge is 2.70. The number of hydrogen-bond acceptors (Lipinski definition) is 8. The first-order chi connectivity index (χ1) is 17.9. The minimum Gasteiger partial charge on any atom is -0.462 e. The average Bonchev–Trinajstić information content (AvgIpc) is 3.10. The van der Waals surface area contributed by atoms with Crippen molar-refractivity contribution in [1.82, 2.24) is 5.43 Å². The molecule has 3 fully saturated rings. The molecule has 0 spiro atoms. The number of methoxy groups -OCH3 is 1. The van der Waals surface area contributed by atoms with Crippen molar-refractivity contribution in [3.05, 3.63) is 11.6 Å². The number of nitrogens with one attached hydrogen (secondary N) is 1. The molecule has 0 bridgehead atoms. The number of ether oxygens (including phenoxy) is 4. The van der Waals surface area contributed by atoms with E-state index in [1.807, 2.05) is 6.92 Å². The van der Waals surface area contributed by atoms with Crippen LogP contribution in [0.5, 0.6) is 0 Å². The third kappa shape index (κ3) is 4.54. The van der Waals surface area contributed by atoms with Gasteiger partial charge >= 0.3 is 18.0 Å². The monoisotopic (exact) mass is 532 g/mol. The Morgan fingerprint density at radius 3 is 2.39 bits per heavy atom. The van der Waals surface area contributed by atoms with Crippen LogP contribution in [0.1, 0.15) is 86.5 Å². The van der Waals surface area contributed by atoms with Gasteiger partial charge in [-0.1, -0.05) is 25.5 Å². The zero-order chi connectivity index (χ0) is 27.9. The number of nitrogens with zero attached hydrogens (tertiary/aromatic N) is 1. The first-order valence-corrected chi connectivity index (χ1v) is 14.0. The Kier molecular flexibility index (Phi) is 7.99. The van der Waals surface area contributed by atoms with Gasteiger partial charge in [0.05, 0.1) is 12.3 Å². The van der Waals surface area contributed by atoms with Crippen LogP contribution < -0.4 is 5.43 Å². The van der Waals surface area contributed by atoms with E-state index in [9.17, 15) is 14.4 Å². The number of carbonyl (C=O) groups is 3. The maximum absolute atomic E-state index is 12.3. The fourth-order valence-corrected chi connectivity index (χ4v) is 8.81. The van der Waals surface area contributed by atoms with Crippen molar-refractivity contribution >= 4 is 23.7 Å². The Bertz CT molecular complexity index is 1020. The summed E-state index contributed by atoms with van der Waals surface area (Å²) in [5, 5.41) is 4.40. The summed E-state index contributed by atoms with van der Waals surface area (Å²) in [4.78, 5) is 35.9. The first kappa shape index (κ1) is 28.6. The van der Waals surface area contributed by atoms with Crippen molar-refractivity contribution in [1.29, 1.82) is 0 Å². The minimum atomic E-state index is -0.980. The molecule has 4 aliphatic carbocycles. The Morgan fingerprint density at radius 1 is 1.05 bits per heavy atom. The molecule has 3 saturated carbocycles. The minimum absolute atomic E-state index is 0.0380. The van der Waals surface area contributed by atoms with E-state index >= 15 is 0 Å². The fraction of sp³-hybridized carbons (Fsp3) is 0.793. The van der Waals surface area contributed by atoms with E-state index in [1.165, 1.54) is 19.4 Å². The van der Waals surface area contributed by atoms with Gasteiger partial charge < -0.3 is 18.9 Å². The van der Waals surface area contributed by atoms with Crippen LogP contribution in [0.2, 0.25) is 0 Å². The predicted molar refractivity (Wildman–Crippen MR) is 141 cm³/mol. The molecule has 0 aromatic carbocycles. The standard InChI is InChI=1S/C29H44N2O7/c1-8-36-26(34)31-30-17(2)29(35-7)25(38-19(4)33)16-24-22-10-9-20-15-21(37-18(3)32)11-13-27(20,5)23(22)12-14-28(24,29)6/h9,21-25H,8,10-16H2,1-7H3,(H,31,34)/b30-17-/t21-,22-,23+,24+,25+,27-,28+,29-/m0/s1. The third-order valence-electron chi connectivity index (χ3n) is 10.3. The summed E-state index contributed by atoms with van der Waals surface area (Å²) in [5.41, 5.74) is 3.20. The molecular formula is C29H44N2O7. The smallest absolute Gasteiger partial charge is 0.427 e. The number of esters is 2. The number of carbonyl (C=O) groups excluding carboxylic acids is 3. The second-order valence-corrected chi connectivity index (χ2v) is 12.0. The topological polar surface area (TPSA) is 113 Å². The number of hydrazone groups is 1. The van der Waals surface area contributed by atoms with Gasteiger partial charge in [0.25, 0.3) is 0 Å². The SMILES string of the molecule is CCOC(=O)N/N=C(/C)[C@]1(OC)[C@H](OC(C)=O)C[C@@H]2[C@H]3CC=C4C[C@@H](OC(C)=O)CC[C@]4(C)[C@@H]3CC[C@]21C. The Balaban J connectivity index is 1.68. The zero-order valence-electron chi connectivity index (χ0n) is 23.9. The van der Waals surface area contributed by atoms with Crippen LogP contribution in [0.3, 0.4) is 0 Å². The number of fused-ring (bicyclic) bond motifs is 5. The second-order valence-electron chi connectivity index (χ2n) is 12.0. The average molecular weight is 533 g/mol. The summed E-state index contributed by atoms with van der Waals surface area (Å²) < 4.78 is 22.9. The van der Waals surface area contributed by atoms with Gasteiger partial charge in [0.15, 0.2) is 0 Å². The summed E-state index contributed by atoms with van der Waals surface area (Å²) in [6, 6.07) is 0. The molecule has 0 radical (unpaired) electrons. The predicted octanol–water partition coefficient (Wildman–Crippen LogP) is 4.93. The van der Waals surface area contributed by atoms with E-state index in [-0.39, 0.29) is 41.4 Å². The highest BCUT2D eigenvalue weighted by Crippen LogP contribution is 2.68. The van der Waals surface area contributed by atoms with Crippen molar-refractivity contribution in [3.63, 3.8) is 0 Å². The van der Waals surface area contributed by atoms with Gasteiger partial charge in [0.1, 0.15) is 17.8 Å². The van der Waals surface area contributed by atoms with Crippen LogP contribution in [0, 0.1) is 28.6 Å². The molecule has 0 aromatic rings. The summed E-state index contributed by atoms with van der Waals surface area (Å²) >= 11 is 0. The molecule has 0 heterocycles. The zero-order valence-corrected chi connectivity index (χ0v) is 23.9. The molecule has 4 rings (SSSR count). The maximum atomic E-state index is 12.3. The van der Waals surface area contributed by atoms with Gasteiger partial charge in [-0.15, -0.1) is 0 Å². The molecule has 0 aliphatic heterocycles. The van der Waals surface area contributed by atoms with Crippen LogP contribution in [-0.4, -0.2) is 55.3 Å². The number of amides is 1. The highest BCUT2D eigenvalue weighted by molar-refractivity contribution is 5.93. The number of hydrogen-bond donors (Lipinski definition) is 1. The molecule has 1 amide bonds. The molecule has 4 aliphatic rings. The van der Waals surface area contributed by atoms with Crippen molar-refractivity contribution in [2.45, 2.75) is 104 Å². The van der Waals surface area contributed by atoms with Crippen molar-refractivity contribution in [2.75, 3.05) is 13.7 Å². The molecule has 1 N–H and O–H groups in total. The largest absolute Gasteiger partial charge is 0.462 e.